The van der Waals surface area contributed by atoms with E-state index in [1.54, 1.807) is 0 Å². The molecule has 1 aromatic heterocycles. The third-order valence-electron chi connectivity index (χ3n) is 12.0. The van der Waals surface area contributed by atoms with E-state index in [4.69, 9.17) is 0 Å². The molecule has 0 radical (unpaired) electrons. The molecule has 2 nitrogen and oxygen atoms in total. The first kappa shape index (κ1) is 36.8. The summed E-state index contributed by atoms with van der Waals surface area (Å²) in [5.74, 6) is 0. The van der Waals surface area contributed by atoms with Gasteiger partial charge in [-0.3, -0.25) is 0 Å². The molecule has 0 aliphatic carbocycles. The van der Waals surface area contributed by atoms with Crippen molar-refractivity contribution in [2.45, 2.75) is 0 Å². The first-order chi connectivity index (χ1) is 30.7. The van der Waals surface area contributed by atoms with Crippen LogP contribution in [0.25, 0.3) is 83.1 Å². The Balaban J connectivity index is 1.07. The molecule has 11 rings (SSSR count). The highest BCUT2D eigenvalue weighted by Crippen LogP contribution is 2.43. The van der Waals surface area contributed by atoms with Gasteiger partial charge in [0.15, 0.2) is 0 Å². The topological polar surface area (TPSA) is 8.17 Å². The minimum Gasteiger partial charge on any atom is -0.310 e. The van der Waals surface area contributed by atoms with E-state index < -0.39 is 0 Å². The van der Waals surface area contributed by atoms with Gasteiger partial charge in [-0.1, -0.05) is 188 Å². The van der Waals surface area contributed by atoms with E-state index in [2.05, 4.69) is 264 Å². The molecule has 2 heteroatoms. The van der Waals surface area contributed by atoms with Crippen LogP contribution in [0.15, 0.2) is 255 Å². The van der Waals surface area contributed by atoms with Gasteiger partial charge in [0, 0.05) is 33.5 Å². The number of nitrogens with zero attached hydrogens (tertiary/aromatic N) is 2. The first-order valence-electron chi connectivity index (χ1n) is 21.3. The second-order valence-electron chi connectivity index (χ2n) is 15.8. The zero-order valence-corrected chi connectivity index (χ0v) is 34.1. The Labute approximate surface area is 362 Å². The van der Waals surface area contributed by atoms with Crippen LogP contribution in [0, 0.1) is 0 Å². The Bertz CT molecular complexity index is 3210. The maximum Gasteiger partial charge on any atom is 0.0547 e. The highest BCUT2D eigenvalue weighted by molar-refractivity contribution is 6.10. The maximum absolute atomic E-state index is 2.40. The summed E-state index contributed by atoms with van der Waals surface area (Å²) in [4.78, 5) is 2.37. The lowest BCUT2D eigenvalue weighted by molar-refractivity contribution is 1.18. The largest absolute Gasteiger partial charge is 0.310 e. The molecular weight excluding hydrogens is 749 g/mol. The Morgan fingerprint density at radius 3 is 1.31 bits per heavy atom. The Kier molecular flexibility index (Phi) is 9.57. The van der Waals surface area contributed by atoms with Crippen molar-refractivity contribution in [3.8, 4) is 61.3 Å². The Morgan fingerprint density at radius 1 is 0.242 bits per heavy atom. The number of para-hydroxylation sites is 2. The van der Waals surface area contributed by atoms with Gasteiger partial charge < -0.3 is 9.47 Å². The molecule has 10 aromatic carbocycles. The van der Waals surface area contributed by atoms with Gasteiger partial charge in [-0.05, 0) is 122 Å². The van der Waals surface area contributed by atoms with Crippen LogP contribution in [-0.2, 0) is 0 Å². The van der Waals surface area contributed by atoms with Gasteiger partial charge in [0.2, 0.25) is 0 Å². The van der Waals surface area contributed by atoms with E-state index in [1.807, 2.05) is 0 Å². The van der Waals surface area contributed by atoms with Crippen molar-refractivity contribution < 1.29 is 0 Å². The molecule has 0 saturated heterocycles. The third-order valence-corrected chi connectivity index (χ3v) is 12.0. The molecule has 0 atom stereocenters. The van der Waals surface area contributed by atoms with Gasteiger partial charge in [0.05, 0.1) is 11.0 Å². The molecule has 0 amide bonds. The fraction of sp³-hybridized carbons (Fsp3) is 0. The van der Waals surface area contributed by atoms with Crippen LogP contribution in [0.2, 0.25) is 0 Å². The van der Waals surface area contributed by atoms with Crippen LogP contribution in [0.5, 0.6) is 0 Å². The summed E-state index contributed by atoms with van der Waals surface area (Å²) in [5.41, 5.74) is 18.6. The molecule has 0 aliphatic heterocycles. The van der Waals surface area contributed by atoms with E-state index in [1.165, 1.54) is 71.9 Å². The summed E-state index contributed by atoms with van der Waals surface area (Å²) in [6, 6.07) is 92.1. The average Bonchev–Trinajstić information content (AvgIpc) is 3.69. The summed E-state index contributed by atoms with van der Waals surface area (Å²) in [6.07, 6.45) is 0. The van der Waals surface area contributed by atoms with E-state index in [-0.39, 0.29) is 0 Å². The summed E-state index contributed by atoms with van der Waals surface area (Å²) in [5, 5.41) is 2.49. The first-order valence-corrected chi connectivity index (χ1v) is 21.3. The normalized spacial score (nSPS) is 11.2. The standard InChI is InChI=1S/C60H42N2/c1-5-16-43(17-6-1)46-28-34-52(35-29-46)61(53-36-30-47(31-37-53)44-18-7-2-8-19-44)54-25-15-22-49(40-54)55-38-32-48(45-20-9-3-10-21-45)41-58(55)50-33-39-57-56-26-13-14-27-59(56)62(60(57)42-50)51-23-11-4-12-24-51/h1-42H. The molecule has 0 bridgehead atoms. The molecule has 0 spiro atoms. The van der Waals surface area contributed by atoms with Crippen molar-refractivity contribution in [2.75, 3.05) is 4.90 Å². The lowest BCUT2D eigenvalue weighted by atomic mass is 9.90. The molecule has 1 heterocycles. The summed E-state index contributed by atoms with van der Waals surface area (Å²) in [6.45, 7) is 0. The van der Waals surface area contributed by atoms with E-state index in [9.17, 15) is 0 Å². The van der Waals surface area contributed by atoms with Crippen LogP contribution < -0.4 is 4.90 Å². The highest BCUT2D eigenvalue weighted by Gasteiger charge is 2.18. The van der Waals surface area contributed by atoms with Gasteiger partial charge >= 0.3 is 0 Å². The van der Waals surface area contributed by atoms with Gasteiger partial charge in [0.25, 0.3) is 0 Å². The molecule has 0 unspecified atom stereocenters. The van der Waals surface area contributed by atoms with Crippen molar-refractivity contribution in [1.29, 1.82) is 0 Å². The molecule has 0 saturated carbocycles. The monoisotopic (exact) mass is 790 g/mol. The van der Waals surface area contributed by atoms with E-state index >= 15 is 0 Å². The second-order valence-corrected chi connectivity index (χ2v) is 15.8. The SMILES string of the molecule is c1ccc(-c2ccc(N(c3ccc(-c4ccccc4)cc3)c3cccc(-c4ccc(-c5ccccc5)cc4-c4ccc5c6ccccc6n(-c6ccccc6)c5c4)c3)cc2)cc1. The number of fused-ring (bicyclic) bond motifs is 3. The van der Waals surface area contributed by atoms with Crippen molar-refractivity contribution in [3.05, 3.63) is 255 Å². The number of anilines is 3. The number of benzene rings is 10. The lowest BCUT2D eigenvalue weighted by Gasteiger charge is -2.27. The smallest absolute Gasteiger partial charge is 0.0547 e. The van der Waals surface area contributed by atoms with Crippen molar-refractivity contribution >= 4 is 38.9 Å². The number of aromatic nitrogens is 1. The van der Waals surface area contributed by atoms with E-state index in [0.717, 1.165) is 28.3 Å². The molecule has 0 N–H and O–H groups in total. The van der Waals surface area contributed by atoms with Gasteiger partial charge in [-0.2, -0.15) is 0 Å². The fourth-order valence-corrected chi connectivity index (χ4v) is 8.97. The van der Waals surface area contributed by atoms with Crippen LogP contribution in [0.4, 0.5) is 17.1 Å². The number of rotatable bonds is 9. The molecule has 0 aliphatic rings. The average molecular weight is 791 g/mol. The second kappa shape index (κ2) is 16.1. The number of hydrogen-bond donors (Lipinski definition) is 0. The van der Waals surface area contributed by atoms with E-state index in [0.29, 0.717) is 0 Å². The summed E-state index contributed by atoms with van der Waals surface area (Å²) < 4.78 is 2.40. The van der Waals surface area contributed by atoms with Crippen LogP contribution >= 0.6 is 0 Å². The summed E-state index contributed by atoms with van der Waals surface area (Å²) >= 11 is 0. The van der Waals surface area contributed by atoms with Crippen molar-refractivity contribution in [1.82, 2.24) is 4.57 Å². The number of hydrogen-bond acceptors (Lipinski definition) is 1. The Hall–Kier alpha value is -8.20. The lowest BCUT2D eigenvalue weighted by Crippen LogP contribution is -2.10. The highest BCUT2D eigenvalue weighted by atomic mass is 15.1. The Morgan fingerprint density at radius 2 is 0.694 bits per heavy atom. The van der Waals surface area contributed by atoms with Crippen molar-refractivity contribution in [2.24, 2.45) is 0 Å². The minimum atomic E-state index is 1.08. The molecule has 62 heavy (non-hydrogen) atoms. The van der Waals surface area contributed by atoms with Crippen LogP contribution in [0.1, 0.15) is 0 Å². The molecule has 0 fully saturated rings. The van der Waals surface area contributed by atoms with Crippen molar-refractivity contribution in [3.63, 3.8) is 0 Å². The zero-order chi connectivity index (χ0) is 41.2. The predicted molar refractivity (Wildman–Crippen MR) is 263 cm³/mol. The van der Waals surface area contributed by atoms with Crippen LogP contribution in [-0.4, -0.2) is 4.57 Å². The third kappa shape index (κ3) is 6.94. The fourth-order valence-electron chi connectivity index (χ4n) is 8.97. The van der Waals surface area contributed by atoms with Gasteiger partial charge in [0.1, 0.15) is 0 Å². The summed E-state index contributed by atoms with van der Waals surface area (Å²) in [7, 11) is 0. The quantitative estimate of drug-likeness (QED) is 0.141. The van der Waals surface area contributed by atoms with Gasteiger partial charge in [-0.15, -0.1) is 0 Å². The van der Waals surface area contributed by atoms with Gasteiger partial charge in [-0.25, -0.2) is 0 Å². The van der Waals surface area contributed by atoms with Crippen LogP contribution in [0.3, 0.4) is 0 Å². The molecular formula is C60H42N2. The predicted octanol–water partition coefficient (Wildman–Crippen LogP) is 16.6. The minimum absolute atomic E-state index is 1.08. The molecule has 292 valence electrons. The maximum atomic E-state index is 2.40. The molecule has 11 aromatic rings. The zero-order valence-electron chi connectivity index (χ0n) is 34.1.